The van der Waals surface area contributed by atoms with Gasteiger partial charge in [0.05, 0.1) is 0 Å². The molecule has 1 saturated heterocycles. The van der Waals surface area contributed by atoms with E-state index in [1.165, 1.54) is 0 Å². The summed E-state index contributed by atoms with van der Waals surface area (Å²) in [6, 6.07) is 0.0814. The fraction of sp³-hybridized carbons (Fsp3) is 0.875. The predicted molar refractivity (Wildman–Crippen MR) is 81.2 cm³/mol. The van der Waals surface area contributed by atoms with Gasteiger partial charge in [0.1, 0.15) is 5.60 Å². The number of piperidine rings is 1. The van der Waals surface area contributed by atoms with Gasteiger partial charge >= 0.3 is 12.1 Å². The van der Waals surface area contributed by atoms with Crippen LogP contribution < -0.4 is 0 Å². The number of nitrogens with zero attached hydrogens (tertiary/aromatic N) is 1. The van der Waals surface area contributed by atoms with Crippen LogP contribution in [0.5, 0.6) is 0 Å². The van der Waals surface area contributed by atoms with E-state index >= 15 is 0 Å². The summed E-state index contributed by atoms with van der Waals surface area (Å²) in [5.41, 5.74) is -0.503. The third-order valence-corrected chi connectivity index (χ3v) is 3.66. The molecule has 1 aliphatic heterocycles. The molecular formula is C16H29NO4. The quantitative estimate of drug-likeness (QED) is 0.862. The van der Waals surface area contributed by atoms with E-state index in [4.69, 9.17) is 9.84 Å². The van der Waals surface area contributed by atoms with E-state index in [1.807, 2.05) is 20.8 Å². The minimum absolute atomic E-state index is 0.0814. The molecule has 1 amide bonds. The minimum Gasteiger partial charge on any atom is -0.481 e. The lowest BCUT2D eigenvalue weighted by Crippen LogP contribution is -2.48. The molecule has 1 heterocycles. The van der Waals surface area contributed by atoms with Gasteiger partial charge in [0.2, 0.25) is 0 Å². The molecule has 0 aliphatic carbocycles. The Hall–Kier alpha value is -1.26. The van der Waals surface area contributed by atoms with Crippen LogP contribution in [-0.4, -0.2) is 40.3 Å². The van der Waals surface area contributed by atoms with Crippen LogP contribution in [0.4, 0.5) is 4.79 Å². The van der Waals surface area contributed by atoms with Crippen LogP contribution in [0.3, 0.4) is 0 Å². The van der Waals surface area contributed by atoms with E-state index in [-0.39, 0.29) is 24.5 Å². The van der Waals surface area contributed by atoms with Crippen molar-refractivity contribution in [2.75, 3.05) is 6.54 Å². The molecule has 0 radical (unpaired) electrons. The lowest BCUT2D eigenvalue weighted by atomic mass is 9.85. The van der Waals surface area contributed by atoms with Gasteiger partial charge in [-0.25, -0.2) is 4.79 Å². The Morgan fingerprint density at radius 3 is 2.43 bits per heavy atom. The molecule has 0 bridgehead atoms. The van der Waals surface area contributed by atoms with Crippen molar-refractivity contribution in [1.29, 1.82) is 0 Å². The molecule has 1 fully saturated rings. The molecular weight excluding hydrogens is 270 g/mol. The first-order valence-corrected chi connectivity index (χ1v) is 7.80. The zero-order chi connectivity index (χ0) is 16.2. The first-order valence-electron chi connectivity index (χ1n) is 7.80. The Bertz CT molecular complexity index is 373. The lowest BCUT2D eigenvalue weighted by molar-refractivity contribution is -0.138. The van der Waals surface area contributed by atoms with Crippen LogP contribution in [-0.2, 0) is 9.53 Å². The molecule has 0 aromatic rings. The number of hydrogen-bond donors (Lipinski definition) is 1. The summed E-state index contributed by atoms with van der Waals surface area (Å²) in [7, 11) is 0. The summed E-state index contributed by atoms with van der Waals surface area (Å²) < 4.78 is 5.48. The first kappa shape index (κ1) is 17.8. The van der Waals surface area contributed by atoms with Gasteiger partial charge < -0.3 is 14.7 Å². The van der Waals surface area contributed by atoms with E-state index < -0.39 is 11.6 Å². The predicted octanol–water partition coefficient (Wildman–Crippen LogP) is 3.52. The largest absolute Gasteiger partial charge is 0.481 e. The number of rotatable bonds is 4. The summed E-state index contributed by atoms with van der Waals surface area (Å²) in [4.78, 5) is 25.0. The zero-order valence-corrected chi connectivity index (χ0v) is 13.9. The van der Waals surface area contributed by atoms with Crippen LogP contribution in [0, 0.1) is 11.8 Å². The van der Waals surface area contributed by atoms with Gasteiger partial charge in [-0.2, -0.15) is 0 Å². The molecule has 1 rings (SSSR count). The second kappa shape index (κ2) is 7.14. The van der Waals surface area contributed by atoms with Crippen molar-refractivity contribution in [3.05, 3.63) is 0 Å². The van der Waals surface area contributed by atoms with Crippen LogP contribution in [0.25, 0.3) is 0 Å². The summed E-state index contributed by atoms with van der Waals surface area (Å²) in [6.45, 7) is 10.4. The van der Waals surface area contributed by atoms with Crippen molar-refractivity contribution in [2.45, 2.75) is 71.9 Å². The van der Waals surface area contributed by atoms with Crippen molar-refractivity contribution in [1.82, 2.24) is 4.90 Å². The number of hydrogen-bond acceptors (Lipinski definition) is 3. The third-order valence-electron chi connectivity index (χ3n) is 3.66. The second-order valence-electron chi connectivity index (χ2n) is 7.45. The maximum absolute atomic E-state index is 12.3. The standard InChI is InChI=1S/C16H29NO4/c1-11(2)8-13-9-12(10-14(18)19)6-7-17(13)15(20)21-16(3,4)5/h11-13H,6-10H2,1-5H3,(H,18,19). The van der Waals surface area contributed by atoms with Crippen molar-refractivity contribution >= 4 is 12.1 Å². The Balaban J connectivity index is 2.73. The van der Waals surface area contributed by atoms with E-state index in [0.717, 1.165) is 19.3 Å². The van der Waals surface area contributed by atoms with Gasteiger partial charge in [-0.1, -0.05) is 13.8 Å². The van der Waals surface area contributed by atoms with Gasteiger partial charge in [0, 0.05) is 19.0 Å². The summed E-state index contributed by atoms with van der Waals surface area (Å²) in [5.74, 6) is -0.137. The molecule has 122 valence electrons. The third kappa shape index (κ3) is 6.36. The van der Waals surface area contributed by atoms with Crippen LogP contribution in [0.2, 0.25) is 0 Å². The Morgan fingerprint density at radius 2 is 1.95 bits per heavy atom. The summed E-state index contributed by atoms with van der Waals surface area (Å²) in [6.07, 6.45) is 2.29. The fourth-order valence-corrected chi connectivity index (χ4v) is 2.89. The zero-order valence-electron chi connectivity index (χ0n) is 13.9. The van der Waals surface area contributed by atoms with E-state index in [2.05, 4.69) is 13.8 Å². The lowest BCUT2D eigenvalue weighted by Gasteiger charge is -2.40. The normalized spacial score (nSPS) is 23.2. The molecule has 5 heteroatoms. The smallest absolute Gasteiger partial charge is 0.410 e. The molecule has 21 heavy (non-hydrogen) atoms. The average molecular weight is 299 g/mol. The van der Waals surface area contributed by atoms with Gasteiger partial charge in [-0.05, 0) is 51.9 Å². The molecule has 5 nitrogen and oxygen atoms in total. The summed E-state index contributed by atoms with van der Waals surface area (Å²) >= 11 is 0. The molecule has 2 unspecified atom stereocenters. The van der Waals surface area contributed by atoms with Crippen LogP contribution in [0.1, 0.15) is 60.3 Å². The highest BCUT2D eigenvalue weighted by Gasteiger charge is 2.35. The molecule has 0 aromatic heterocycles. The Morgan fingerprint density at radius 1 is 1.33 bits per heavy atom. The Kier molecular flexibility index (Phi) is 6.05. The van der Waals surface area contributed by atoms with Crippen molar-refractivity contribution in [3.63, 3.8) is 0 Å². The van der Waals surface area contributed by atoms with Crippen LogP contribution >= 0.6 is 0 Å². The molecule has 1 N–H and O–H groups in total. The maximum atomic E-state index is 12.3. The highest BCUT2D eigenvalue weighted by molar-refractivity contribution is 5.69. The molecule has 1 aliphatic rings. The van der Waals surface area contributed by atoms with Crippen LogP contribution in [0.15, 0.2) is 0 Å². The van der Waals surface area contributed by atoms with E-state index in [9.17, 15) is 9.59 Å². The number of carboxylic acids is 1. The van der Waals surface area contributed by atoms with Crippen molar-refractivity contribution < 1.29 is 19.4 Å². The molecule has 0 saturated carbocycles. The number of ether oxygens (including phenoxy) is 1. The maximum Gasteiger partial charge on any atom is 0.410 e. The highest BCUT2D eigenvalue weighted by atomic mass is 16.6. The van der Waals surface area contributed by atoms with Gasteiger partial charge in [-0.15, -0.1) is 0 Å². The minimum atomic E-state index is -0.756. The van der Waals surface area contributed by atoms with E-state index in [0.29, 0.717) is 12.5 Å². The number of aliphatic carboxylic acids is 1. The number of carbonyl (C=O) groups is 2. The summed E-state index contributed by atoms with van der Waals surface area (Å²) in [5, 5.41) is 8.96. The topological polar surface area (TPSA) is 66.8 Å². The number of carboxylic acid groups (broad SMARTS) is 1. The average Bonchev–Trinajstić information content (AvgIpc) is 2.24. The monoisotopic (exact) mass is 299 g/mol. The van der Waals surface area contributed by atoms with E-state index in [1.54, 1.807) is 4.90 Å². The Labute approximate surface area is 127 Å². The first-order chi connectivity index (χ1) is 9.58. The van der Waals surface area contributed by atoms with Gasteiger partial charge in [0.15, 0.2) is 0 Å². The molecule has 0 spiro atoms. The number of amides is 1. The fourth-order valence-electron chi connectivity index (χ4n) is 2.89. The van der Waals surface area contributed by atoms with Gasteiger partial charge in [0.25, 0.3) is 0 Å². The molecule has 0 aromatic carbocycles. The van der Waals surface area contributed by atoms with Gasteiger partial charge in [-0.3, -0.25) is 4.79 Å². The van der Waals surface area contributed by atoms with Crippen molar-refractivity contribution in [2.24, 2.45) is 11.8 Å². The number of carbonyl (C=O) groups excluding carboxylic acids is 1. The molecule has 2 atom stereocenters. The van der Waals surface area contributed by atoms with Crippen molar-refractivity contribution in [3.8, 4) is 0 Å². The SMILES string of the molecule is CC(C)CC1CC(CC(=O)O)CCN1C(=O)OC(C)(C)C. The number of likely N-dealkylation sites (tertiary alicyclic amines) is 1. The second-order valence-corrected chi connectivity index (χ2v) is 7.45. The highest BCUT2D eigenvalue weighted by Crippen LogP contribution is 2.30.